The molecule has 0 unspecified atom stereocenters. The highest BCUT2D eigenvalue weighted by Crippen LogP contribution is 2.13. The molecule has 1 heterocycles. The van der Waals surface area contributed by atoms with Gasteiger partial charge in [-0.25, -0.2) is 13.1 Å². The Balaban J connectivity index is 2.58. The number of sulfonamides is 1. The van der Waals surface area contributed by atoms with Crippen LogP contribution in [0.1, 0.15) is 39.5 Å². The van der Waals surface area contributed by atoms with Gasteiger partial charge in [-0.2, -0.15) is 0 Å². The van der Waals surface area contributed by atoms with Gasteiger partial charge in [-0.05, 0) is 19.4 Å². The van der Waals surface area contributed by atoms with Gasteiger partial charge in [0.2, 0.25) is 10.0 Å². The number of rotatable bonds is 9. The van der Waals surface area contributed by atoms with Crippen LogP contribution in [0.5, 0.6) is 0 Å². The second-order valence-electron chi connectivity index (χ2n) is 4.40. The highest BCUT2D eigenvalue weighted by atomic mass is 32.2. The number of unbranched alkanes of at least 4 members (excludes halogenated alkanes) is 3. The second kappa shape index (κ2) is 8.12. The molecule has 0 aliphatic carbocycles. The van der Waals surface area contributed by atoms with E-state index in [1.807, 2.05) is 6.92 Å². The molecule has 0 saturated heterocycles. The third-order valence-corrected chi connectivity index (χ3v) is 4.15. The first kappa shape index (κ1) is 15.9. The standard InChI is InChI=1S/C13H23N3O2S/c1-3-5-6-7-8-16-19(17,18)13-9-12(15-4-2)10-14-11-13/h9-11,15-16H,3-8H2,1-2H3. The number of hydrogen-bond acceptors (Lipinski definition) is 4. The molecule has 0 saturated carbocycles. The van der Waals surface area contributed by atoms with E-state index >= 15 is 0 Å². The molecule has 2 N–H and O–H groups in total. The molecule has 6 heteroatoms. The summed E-state index contributed by atoms with van der Waals surface area (Å²) in [7, 11) is -3.44. The lowest BCUT2D eigenvalue weighted by Crippen LogP contribution is -2.25. The van der Waals surface area contributed by atoms with E-state index in [1.54, 1.807) is 12.3 Å². The molecule has 1 aromatic heterocycles. The van der Waals surface area contributed by atoms with E-state index in [9.17, 15) is 8.42 Å². The molecular weight excluding hydrogens is 262 g/mol. The van der Waals surface area contributed by atoms with Gasteiger partial charge in [0.25, 0.3) is 0 Å². The molecule has 0 amide bonds. The van der Waals surface area contributed by atoms with Gasteiger partial charge in [-0.3, -0.25) is 4.98 Å². The minimum atomic E-state index is -3.44. The van der Waals surface area contributed by atoms with Gasteiger partial charge < -0.3 is 5.32 Å². The number of nitrogens with zero attached hydrogens (tertiary/aromatic N) is 1. The fourth-order valence-corrected chi connectivity index (χ4v) is 2.77. The summed E-state index contributed by atoms with van der Waals surface area (Å²) in [6.07, 6.45) is 7.18. The first-order valence-electron chi connectivity index (χ1n) is 6.78. The van der Waals surface area contributed by atoms with Crippen LogP contribution in [0.2, 0.25) is 0 Å². The maximum atomic E-state index is 12.0. The lowest BCUT2D eigenvalue weighted by molar-refractivity contribution is 0.573. The fraction of sp³-hybridized carbons (Fsp3) is 0.615. The van der Waals surface area contributed by atoms with Gasteiger partial charge in [0.1, 0.15) is 4.90 Å². The van der Waals surface area contributed by atoms with Crippen molar-refractivity contribution in [1.29, 1.82) is 0 Å². The molecule has 0 atom stereocenters. The summed E-state index contributed by atoms with van der Waals surface area (Å²) < 4.78 is 26.7. The average Bonchev–Trinajstić information content (AvgIpc) is 2.39. The van der Waals surface area contributed by atoms with Gasteiger partial charge in [0.05, 0.1) is 11.9 Å². The van der Waals surface area contributed by atoms with Crippen molar-refractivity contribution in [2.45, 2.75) is 44.4 Å². The van der Waals surface area contributed by atoms with E-state index in [4.69, 9.17) is 0 Å². The third kappa shape index (κ3) is 5.57. The summed E-state index contributed by atoms with van der Waals surface area (Å²) in [6.45, 7) is 5.29. The van der Waals surface area contributed by atoms with Crippen LogP contribution in [0.15, 0.2) is 23.4 Å². The zero-order valence-corrected chi connectivity index (χ0v) is 12.5. The Bertz CT molecular complexity index is 475. The molecule has 0 fully saturated rings. The smallest absolute Gasteiger partial charge is 0.242 e. The molecule has 0 spiro atoms. The molecule has 108 valence electrons. The summed E-state index contributed by atoms with van der Waals surface area (Å²) in [4.78, 5) is 4.16. The molecular formula is C13H23N3O2S. The van der Waals surface area contributed by atoms with Crippen LogP contribution in [0.3, 0.4) is 0 Å². The van der Waals surface area contributed by atoms with Crippen LogP contribution < -0.4 is 10.0 Å². The third-order valence-electron chi connectivity index (χ3n) is 2.73. The Morgan fingerprint density at radius 1 is 1.16 bits per heavy atom. The molecule has 1 aromatic rings. The number of hydrogen-bond donors (Lipinski definition) is 2. The number of pyridine rings is 1. The highest BCUT2D eigenvalue weighted by Gasteiger charge is 2.14. The minimum Gasteiger partial charge on any atom is -0.384 e. The van der Waals surface area contributed by atoms with Gasteiger partial charge in [0, 0.05) is 19.3 Å². The van der Waals surface area contributed by atoms with Crippen LogP contribution >= 0.6 is 0 Å². The van der Waals surface area contributed by atoms with Crippen molar-refractivity contribution in [2.75, 3.05) is 18.4 Å². The average molecular weight is 285 g/mol. The van der Waals surface area contributed by atoms with Crippen molar-refractivity contribution < 1.29 is 8.42 Å². The van der Waals surface area contributed by atoms with Crippen molar-refractivity contribution >= 4 is 15.7 Å². The Morgan fingerprint density at radius 2 is 1.95 bits per heavy atom. The van der Waals surface area contributed by atoms with E-state index in [-0.39, 0.29) is 4.90 Å². The van der Waals surface area contributed by atoms with Crippen molar-refractivity contribution in [3.8, 4) is 0 Å². The molecule has 0 aromatic carbocycles. The Hall–Kier alpha value is -1.14. The van der Waals surface area contributed by atoms with E-state index < -0.39 is 10.0 Å². The topological polar surface area (TPSA) is 71.1 Å². The van der Waals surface area contributed by atoms with Gasteiger partial charge >= 0.3 is 0 Å². The van der Waals surface area contributed by atoms with Gasteiger partial charge in [-0.15, -0.1) is 0 Å². The normalized spacial score (nSPS) is 11.5. The lowest BCUT2D eigenvalue weighted by Gasteiger charge is -2.08. The largest absolute Gasteiger partial charge is 0.384 e. The first-order valence-corrected chi connectivity index (χ1v) is 8.27. The van der Waals surface area contributed by atoms with Crippen LogP contribution in [0.4, 0.5) is 5.69 Å². The summed E-state index contributed by atoms with van der Waals surface area (Å²) in [6, 6.07) is 1.60. The summed E-state index contributed by atoms with van der Waals surface area (Å²) in [5.74, 6) is 0. The van der Waals surface area contributed by atoms with Crippen molar-refractivity contribution in [1.82, 2.24) is 9.71 Å². The van der Waals surface area contributed by atoms with Crippen molar-refractivity contribution in [2.24, 2.45) is 0 Å². The molecule has 0 radical (unpaired) electrons. The van der Waals surface area contributed by atoms with E-state index in [2.05, 4.69) is 21.9 Å². The zero-order chi connectivity index (χ0) is 14.1. The SMILES string of the molecule is CCCCCCNS(=O)(=O)c1cncc(NCC)c1. The van der Waals surface area contributed by atoms with Gasteiger partial charge in [-0.1, -0.05) is 26.2 Å². The van der Waals surface area contributed by atoms with E-state index in [1.165, 1.54) is 6.20 Å². The highest BCUT2D eigenvalue weighted by molar-refractivity contribution is 7.89. The lowest BCUT2D eigenvalue weighted by atomic mass is 10.2. The maximum absolute atomic E-state index is 12.0. The molecule has 1 rings (SSSR count). The quantitative estimate of drug-likeness (QED) is 0.683. The molecule has 0 bridgehead atoms. The first-order chi connectivity index (χ1) is 9.10. The predicted molar refractivity (Wildman–Crippen MR) is 77.7 cm³/mol. The minimum absolute atomic E-state index is 0.210. The van der Waals surface area contributed by atoms with Crippen molar-refractivity contribution in [3.05, 3.63) is 18.5 Å². The number of nitrogens with one attached hydrogen (secondary N) is 2. The molecule has 19 heavy (non-hydrogen) atoms. The Kier molecular flexibility index (Phi) is 6.80. The summed E-state index contributed by atoms with van der Waals surface area (Å²) in [5, 5.41) is 3.05. The van der Waals surface area contributed by atoms with Crippen LogP contribution in [0.25, 0.3) is 0 Å². The Morgan fingerprint density at radius 3 is 2.63 bits per heavy atom. The zero-order valence-electron chi connectivity index (χ0n) is 11.6. The van der Waals surface area contributed by atoms with Crippen molar-refractivity contribution in [3.63, 3.8) is 0 Å². The van der Waals surface area contributed by atoms with Crippen LogP contribution in [-0.2, 0) is 10.0 Å². The monoisotopic (exact) mass is 285 g/mol. The molecule has 0 aliphatic rings. The van der Waals surface area contributed by atoms with E-state index in [0.717, 1.165) is 37.9 Å². The van der Waals surface area contributed by atoms with Crippen LogP contribution in [0, 0.1) is 0 Å². The molecule has 0 aliphatic heterocycles. The van der Waals surface area contributed by atoms with Gasteiger partial charge in [0.15, 0.2) is 0 Å². The number of aromatic nitrogens is 1. The van der Waals surface area contributed by atoms with E-state index in [0.29, 0.717) is 6.54 Å². The second-order valence-corrected chi connectivity index (χ2v) is 6.17. The fourth-order valence-electron chi connectivity index (χ4n) is 1.71. The summed E-state index contributed by atoms with van der Waals surface area (Å²) >= 11 is 0. The van der Waals surface area contributed by atoms with Crippen LogP contribution in [-0.4, -0.2) is 26.5 Å². The molecule has 5 nitrogen and oxygen atoms in total. The Labute approximate surface area is 115 Å². The number of anilines is 1. The maximum Gasteiger partial charge on any atom is 0.242 e. The summed E-state index contributed by atoms with van der Waals surface area (Å²) in [5.41, 5.74) is 0.719. The predicted octanol–water partition coefficient (Wildman–Crippen LogP) is 2.37.